The Labute approximate surface area is 150 Å². The lowest BCUT2D eigenvalue weighted by Crippen LogP contribution is -2.24. The van der Waals surface area contributed by atoms with Crippen LogP contribution in [0.2, 0.25) is 0 Å². The highest BCUT2D eigenvalue weighted by Crippen LogP contribution is 2.38. The van der Waals surface area contributed by atoms with E-state index in [0.717, 1.165) is 36.9 Å². The normalized spacial score (nSPS) is 20.2. The van der Waals surface area contributed by atoms with Gasteiger partial charge in [0.15, 0.2) is 0 Å². The Morgan fingerprint density at radius 2 is 2.00 bits per heavy atom. The van der Waals surface area contributed by atoms with E-state index in [4.69, 9.17) is 9.26 Å². The van der Waals surface area contributed by atoms with Crippen molar-refractivity contribution in [3.63, 3.8) is 0 Å². The molecule has 0 radical (unpaired) electrons. The van der Waals surface area contributed by atoms with Crippen LogP contribution in [0.5, 0.6) is 5.75 Å². The lowest BCUT2D eigenvalue weighted by atomic mass is 10.0. The molecule has 2 aromatic rings. The maximum atomic E-state index is 5.99. The highest BCUT2D eigenvalue weighted by Gasteiger charge is 2.31. The minimum Gasteiger partial charge on any atom is -0.494 e. The molecular weight excluding hydrogens is 312 g/mol. The van der Waals surface area contributed by atoms with Gasteiger partial charge < -0.3 is 9.26 Å². The zero-order valence-electron chi connectivity index (χ0n) is 15.6. The van der Waals surface area contributed by atoms with Crippen molar-refractivity contribution < 1.29 is 9.26 Å². The molecule has 134 valence electrons. The number of fused-ring (bicyclic) bond motifs is 1. The molecule has 4 heteroatoms. The third-order valence-electron chi connectivity index (χ3n) is 5.73. The quantitative estimate of drug-likeness (QED) is 0.802. The first-order valence-corrected chi connectivity index (χ1v) is 9.61. The van der Waals surface area contributed by atoms with Crippen molar-refractivity contribution in [1.29, 1.82) is 0 Å². The van der Waals surface area contributed by atoms with Gasteiger partial charge >= 0.3 is 0 Å². The predicted octanol–water partition coefficient (Wildman–Crippen LogP) is 4.52. The van der Waals surface area contributed by atoms with Crippen LogP contribution < -0.4 is 4.74 Å². The zero-order valence-corrected chi connectivity index (χ0v) is 15.6. The second-order valence-corrected chi connectivity index (χ2v) is 7.38. The molecule has 2 aliphatic rings. The van der Waals surface area contributed by atoms with Crippen molar-refractivity contribution in [2.45, 2.75) is 65.5 Å². The van der Waals surface area contributed by atoms with E-state index >= 15 is 0 Å². The first-order valence-electron chi connectivity index (χ1n) is 9.61. The van der Waals surface area contributed by atoms with Gasteiger partial charge in [0.05, 0.1) is 12.3 Å². The van der Waals surface area contributed by atoms with Crippen LogP contribution in [-0.4, -0.2) is 23.2 Å². The molecule has 1 aromatic carbocycles. The molecular formula is C21H28N2O2. The van der Waals surface area contributed by atoms with Crippen molar-refractivity contribution in [2.75, 3.05) is 13.2 Å². The standard InChI is InChI=1S/C21H28N2O2/c1-4-24-20-12-17-8-5-7-16(17)11-18(20)13-23-10-6-9-19(23)21-14(2)22-25-15(21)3/h11-12,19H,4-10,13H2,1-3H3. The van der Waals surface area contributed by atoms with Crippen LogP contribution >= 0.6 is 0 Å². The Kier molecular flexibility index (Phi) is 4.55. The lowest BCUT2D eigenvalue weighted by Gasteiger charge is -2.26. The van der Waals surface area contributed by atoms with Gasteiger partial charge in [0, 0.05) is 23.7 Å². The third-order valence-corrected chi connectivity index (χ3v) is 5.73. The Balaban J connectivity index is 1.63. The van der Waals surface area contributed by atoms with Gasteiger partial charge in [-0.25, -0.2) is 0 Å². The molecule has 1 unspecified atom stereocenters. The Morgan fingerprint density at radius 1 is 1.20 bits per heavy atom. The molecule has 1 atom stereocenters. The van der Waals surface area contributed by atoms with E-state index in [-0.39, 0.29) is 0 Å². The molecule has 1 aliphatic heterocycles. The average molecular weight is 340 g/mol. The van der Waals surface area contributed by atoms with Crippen molar-refractivity contribution in [2.24, 2.45) is 0 Å². The highest BCUT2D eigenvalue weighted by molar-refractivity contribution is 5.45. The number of hydrogen-bond acceptors (Lipinski definition) is 4. The Hall–Kier alpha value is -1.81. The summed E-state index contributed by atoms with van der Waals surface area (Å²) in [6.07, 6.45) is 6.08. The fourth-order valence-electron chi connectivity index (χ4n) is 4.59. The van der Waals surface area contributed by atoms with E-state index in [0.29, 0.717) is 6.04 Å². The summed E-state index contributed by atoms with van der Waals surface area (Å²) in [7, 11) is 0. The summed E-state index contributed by atoms with van der Waals surface area (Å²) in [5, 5.41) is 4.17. The SMILES string of the molecule is CCOc1cc2c(cc1CN1CCCC1c1c(C)noc1C)CCC2. The molecule has 4 nitrogen and oxygen atoms in total. The fourth-order valence-corrected chi connectivity index (χ4v) is 4.59. The molecule has 0 saturated carbocycles. The fraction of sp³-hybridized carbons (Fsp3) is 0.571. The van der Waals surface area contributed by atoms with E-state index in [1.165, 1.54) is 54.4 Å². The molecule has 25 heavy (non-hydrogen) atoms. The summed E-state index contributed by atoms with van der Waals surface area (Å²) >= 11 is 0. The van der Waals surface area contributed by atoms with Crippen molar-refractivity contribution >= 4 is 0 Å². The van der Waals surface area contributed by atoms with Gasteiger partial charge in [-0.3, -0.25) is 4.90 Å². The maximum Gasteiger partial charge on any atom is 0.138 e. The number of aryl methyl sites for hydroxylation is 4. The summed E-state index contributed by atoms with van der Waals surface area (Å²) in [5.41, 5.74) is 6.66. The van der Waals surface area contributed by atoms with Gasteiger partial charge in [0.1, 0.15) is 11.5 Å². The van der Waals surface area contributed by atoms with Gasteiger partial charge in [0.25, 0.3) is 0 Å². The highest BCUT2D eigenvalue weighted by atomic mass is 16.5. The number of benzene rings is 1. The second kappa shape index (κ2) is 6.83. The molecule has 0 N–H and O–H groups in total. The number of likely N-dealkylation sites (tertiary alicyclic amines) is 1. The summed E-state index contributed by atoms with van der Waals surface area (Å²) in [6, 6.07) is 5.10. The lowest BCUT2D eigenvalue weighted by molar-refractivity contribution is 0.239. The van der Waals surface area contributed by atoms with E-state index in [2.05, 4.69) is 36.0 Å². The average Bonchev–Trinajstić information content (AvgIpc) is 3.29. The van der Waals surface area contributed by atoms with E-state index in [9.17, 15) is 0 Å². The summed E-state index contributed by atoms with van der Waals surface area (Å²) in [6.45, 7) is 8.95. The third kappa shape index (κ3) is 3.08. The minimum absolute atomic E-state index is 0.411. The molecule has 1 aromatic heterocycles. The Bertz CT molecular complexity index is 746. The van der Waals surface area contributed by atoms with Gasteiger partial charge in [-0.2, -0.15) is 0 Å². The van der Waals surface area contributed by atoms with E-state index in [1.807, 2.05) is 6.92 Å². The van der Waals surface area contributed by atoms with Gasteiger partial charge in [-0.05, 0) is 76.6 Å². The molecule has 0 amide bonds. The zero-order chi connectivity index (χ0) is 17.4. The Morgan fingerprint density at radius 3 is 2.72 bits per heavy atom. The van der Waals surface area contributed by atoms with E-state index in [1.54, 1.807) is 0 Å². The smallest absolute Gasteiger partial charge is 0.138 e. The van der Waals surface area contributed by atoms with Gasteiger partial charge in [0.2, 0.25) is 0 Å². The molecule has 0 bridgehead atoms. The van der Waals surface area contributed by atoms with Crippen molar-refractivity contribution in [1.82, 2.24) is 10.1 Å². The molecule has 4 rings (SSSR count). The monoisotopic (exact) mass is 340 g/mol. The van der Waals surface area contributed by atoms with Gasteiger partial charge in [-0.15, -0.1) is 0 Å². The van der Waals surface area contributed by atoms with Crippen LogP contribution in [0.15, 0.2) is 16.7 Å². The summed E-state index contributed by atoms with van der Waals surface area (Å²) < 4.78 is 11.4. The first kappa shape index (κ1) is 16.6. The van der Waals surface area contributed by atoms with Gasteiger partial charge in [-0.1, -0.05) is 11.2 Å². The van der Waals surface area contributed by atoms with Crippen LogP contribution in [-0.2, 0) is 19.4 Å². The molecule has 1 aliphatic carbocycles. The number of aromatic nitrogens is 1. The number of hydrogen-bond donors (Lipinski definition) is 0. The maximum absolute atomic E-state index is 5.99. The molecule has 1 saturated heterocycles. The van der Waals surface area contributed by atoms with Crippen LogP contribution in [0.1, 0.15) is 65.9 Å². The molecule has 0 spiro atoms. The molecule has 2 heterocycles. The first-order chi connectivity index (χ1) is 12.2. The van der Waals surface area contributed by atoms with Crippen LogP contribution in [0, 0.1) is 13.8 Å². The topological polar surface area (TPSA) is 38.5 Å². The number of ether oxygens (including phenoxy) is 1. The largest absolute Gasteiger partial charge is 0.494 e. The number of rotatable bonds is 5. The van der Waals surface area contributed by atoms with Crippen LogP contribution in [0.25, 0.3) is 0 Å². The van der Waals surface area contributed by atoms with Crippen molar-refractivity contribution in [3.05, 3.63) is 45.8 Å². The van der Waals surface area contributed by atoms with Crippen molar-refractivity contribution in [3.8, 4) is 5.75 Å². The summed E-state index contributed by atoms with van der Waals surface area (Å²) in [5.74, 6) is 2.04. The van der Waals surface area contributed by atoms with Crippen LogP contribution in [0.4, 0.5) is 0 Å². The van der Waals surface area contributed by atoms with E-state index < -0.39 is 0 Å². The molecule has 1 fully saturated rings. The minimum atomic E-state index is 0.411. The van der Waals surface area contributed by atoms with Crippen LogP contribution in [0.3, 0.4) is 0 Å². The predicted molar refractivity (Wildman–Crippen MR) is 98.0 cm³/mol. The number of nitrogens with zero attached hydrogens (tertiary/aromatic N) is 2. The summed E-state index contributed by atoms with van der Waals surface area (Å²) in [4.78, 5) is 2.58. The second-order valence-electron chi connectivity index (χ2n) is 7.38.